The van der Waals surface area contributed by atoms with Crippen LogP contribution in [0.2, 0.25) is 0 Å². The van der Waals surface area contributed by atoms with Crippen LogP contribution < -0.4 is 0 Å². The highest BCUT2D eigenvalue weighted by molar-refractivity contribution is 5.74. The van der Waals surface area contributed by atoms with Crippen molar-refractivity contribution in [1.29, 1.82) is 0 Å². The van der Waals surface area contributed by atoms with Gasteiger partial charge in [-0.2, -0.15) is 0 Å². The summed E-state index contributed by atoms with van der Waals surface area (Å²) >= 11 is 0. The van der Waals surface area contributed by atoms with Gasteiger partial charge in [-0.1, -0.05) is 134 Å². The Morgan fingerprint density at radius 2 is 1.45 bits per heavy atom. The second kappa shape index (κ2) is 17.4. The summed E-state index contributed by atoms with van der Waals surface area (Å²) in [6, 6.07) is 0. The fraction of sp³-hybridized carbons (Fsp3) is 0.833. The van der Waals surface area contributed by atoms with Gasteiger partial charge in [0, 0.05) is 5.41 Å². The van der Waals surface area contributed by atoms with E-state index in [-0.39, 0.29) is 11.8 Å². The molecular formula is C36H60O4. The van der Waals surface area contributed by atoms with E-state index < -0.39 is 23.3 Å². The molecule has 0 aromatic carbocycles. The van der Waals surface area contributed by atoms with Crippen molar-refractivity contribution in [3.8, 4) is 0 Å². The van der Waals surface area contributed by atoms with Crippen LogP contribution in [0.25, 0.3) is 0 Å². The van der Waals surface area contributed by atoms with Crippen LogP contribution in [-0.2, 0) is 9.59 Å². The Balaban J connectivity index is 2.11. The maximum Gasteiger partial charge on any atom is 0.310 e. The quantitative estimate of drug-likeness (QED) is 0.175. The molecule has 3 aliphatic rings. The van der Waals surface area contributed by atoms with Gasteiger partial charge in [-0.05, 0) is 62.7 Å². The van der Waals surface area contributed by atoms with Crippen LogP contribution in [-0.4, -0.2) is 22.2 Å². The van der Waals surface area contributed by atoms with Crippen molar-refractivity contribution >= 4 is 11.9 Å². The van der Waals surface area contributed by atoms with E-state index in [1.165, 1.54) is 64.2 Å². The smallest absolute Gasteiger partial charge is 0.310 e. The van der Waals surface area contributed by atoms with Gasteiger partial charge in [-0.15, -0.1) is 0 Å². The van der Waals surface area contributed by atoms with Crippen LogP contribution in [0.5, 0.6) is 0 Å². The number of hydrogen-bond donors (Lipinski definition) is 2. The summed E-state index contributed by atoms with van der Waals surface area (Å²) < 4.78 is 0. The second-order valence-corrected chi connectivity index (χ2v) is 13.5. The van der Waals surface area contributed by atoms with Gasteiger partial charge in [0.05, 0.1) is 11.8 Å². The zero-order valence-electron chi connectivity index (χ0n) is 25.9. The molecule has 5 unspecified atom stereocenters. The summed E-state index contributed by atoms with van der Waals surface area (Å²) in [7, 11) is 0. The Hall–Kier alpha value is -1.58. The normalized spacial score (nSPS) is 32.8. The topological polar surface area (TPSA) is 74.6 Å². The molecule has 3 aliphatic carbocycles. The maximum atomic E-state index is 13.0. The molecule has 0 bridgehead atoms. The molecule has 0 saturated heterocycles. The Morgan fingerprint density at radius 1 is 0.800 bits per heavy atom. The largest absolute Gasteiger partial charge is 0.481 e. The average molecular weight is 557 g/mol. The molecule has 0 aliphatic heterocycles. The van der Waals surface area contributed by atoms with E-state index >= 15 is 0 Å². The lowest BCUT2D eigenvalue weighted by Crippen LogP contribution is -2.47. The molecule has 2 N–H and O–H groups in total. The van der Waals surface area contributed by atoms with Gasteiger partial charge in [0.2, 0.25) is 0 Å². The lowest BCUT2D eigenvalue weighted by molar-refractivity contribution is -0.149. The first-order valence-corrected chi connectivity index (χ1v) is 17.3. The maximum absolute atomic E-state index is 13.0. The number of rotatable bonds is 13. The highest BCUT2D eigenvalue weighted by Gasteiger charge is 2.51. The van der Waals surface area contributed by atoms with Crippen molar-refractivity contribution in [2.45, 2.75) is 155 Å². The van der Waals surface area contributed by atoms with Crippen molar-refractivity contribution < 1.29 is 19.8 Å². The first kappa shape index (κ1) is 32.9. The van der Waals surface area contributed by atoms with Gasteiger partial charge >= 0.3 is 11.9 Å². The molecule has 40 heavy (non-hydrogen) atoms. The Morgan fingerprint density at radius 3 is 2.12 bits per heavy atom. The van der Waals surface area contributed by atoms with Gasteiger partial charge in [0.15, 0.2) is 0 Å². The third kappa shape index (κ3) is 8.96. The summed E-state index contributed by atoms with van der Waals surface area (Å²) in [5.41, 5.74) is 0.710. The van der Waals surface area contributed by atoms with Crippen LogP contribution in [0.1, 0.15) is 155 Å². The first-order chi connectivity index (χ1) is 19.4. The molecule has 6 atom stereocenters. The van der Waals surface area contributed by atoms with Crippen molar-refractivity contribution in [3.05, 3.63) is 23.8 Å². The van der Waals surface area contributed by atoms with Gasteiger partial charge in [0.25, 0.3) is 0 Å². The molecule has 0 radical (unpaired) electrons. The van der Waals surface area contributed by atoms with E-state index in [1.807, 2.05) is 0 Å². The number of carbonyl (C=O) groups is 2. The van der Waals surface area contributed by atoms with Crippen LogP contribution in [0.15, 0.2) is 23.8 Å². The number of unbranched alkanes of at least 4 members (excludes halogenated alkanes) is 6. The molecule has 0 heterocycles. The fourth-order valence-corrected chi connectivity index (χ4v) is 8.45. The lowest BCUT2D eigenvalue weighted by Gasteiger charge is -2.51. The summed E-state index contributed by atoms with van der Waals surface area (Å²) in [4.78, 5) is 25.5. The molecule has 2 saturated carbocycles. The first-order valence-electron chi connectivity index (χ1n) is 17.3. The van der Waals surface area contributed by atoms with Gasteiger partial charge in [-0.3, -0.25) is 9.59 Å². The van der Waals surface area contributed by atoms with E-state index in [0.717, 1.165) is 82.6 Å². The number of aliphatic carboxylic acids is 2. The zero-order chi connectivity index (χ0) is 28.8. The van der Waals surface area contributed by atoms with E-state index in [2.05, 4.69) is 32.1 Å². The minimum Gasteiger partial charge on any atom is -0.481 e. The number of carboxylic acids is 2. The van der Waals surface area contributed by atoms with Gasteiger partial charge in [-0.25, -0.2) is 0 Å². The van der Waals surface area contributed by atoms with Crippen molar-refractivity contribution in [2.75, 3.05) is 0 Å². The van der Waals surface area contributed by atoms with Crippen molar-refractivity contribution in [2.24, 2.45) is 35.0 Å². The molecule has 4 heteroatoms. The minimum atomic E-state index is -0.684. The standard InChI is InChI=1S/C36H60O4/c1-3-5-7-13-19-28-24-26-36(25-18-12-11-17-23-32(36)35(39)40)33(30(28)21-15-8-6-4-2)27-29-20-14-9-10-16-22-31(29)34(37)38/h24,26-28,30-33H,3-23,25H2,1-2H3,(H,37,38)(H,39,40)/b29-27+/t28?,30?,31?,32?,33?,36-/m0/s1. The molecule has 3 rings (SSSR count). The van der Waals surface area contributed by atoms with Crippen LogP contribution in [0.3, 0.4) is 0 Å². The van der Waals surface area contributed by atoms with E-state index in [0.29, 0.717) is 11.8 Å². The van der Waals surface area contributed by atoms with Crippen LogP contribution in [0.4, 0.5) is 0 Å². The summed E-state index contributed by atoms with van der Waals surface area (Å²) in [6.07, 6.45) is 31.3. The van der Waals surface area contributed by atoms with E-state index in [9.17, 15) is 19.8 Å². The fourth-order valence-electron chi connectivity index (χ4n) is 8.45. The average Bonchev–Trinajstić information content (AvgIpc) is 2.89. The Kier molecular flexibility index (Phi) is 14.3. The molecule has 0 amide bonds. The molecular weight excluding hydrogens is 496 g/mol. The summed E-state index contributed by atoms with van der Waals surface area (Å²) in [5.74, 6) is -1.15. The SMILES string of the molecule is CCCCCCC1C=C[C@]2(CCCCCCC2C(=O)O)C(/C=C2\CCCCCCC2C(=O)O)C1CCCCCC. The number of carboxylic acid groups (broad SMARTS) is 2. The van der Waals surface area contributed by atoms with Crippen LogP contribution >= 0.6 is 0 Å². The van der Waals surface area contributed by atoms with Gasteiger partial charge < -0.3 is 10.2 Å². The van der Waals surface area contributed by atoms with Crippen molar-refractivity contribution in [1.82, 2.24) is 0 Å². The Labute approximate surface area is 245 Å². The number of allylic oxidation sites excluding steroid dienone is 3. The summed E-state index contributed by atoms with van der Waals surface area (Å²) in [5, 5.41) is 21.0. The third-order valence-electron chi connectivity index (χ3n) is 10.7. The lowest BCUT2D eigenvalue weighted by atomic mass is 9.52. The molecule has 0 aromatic rings. The predicted octanol–water partition coefficient (Wildman–Crippen LogP) is 10.4. The highest BCUT2D eigenvalue weighted by atomic mass is 16.4. The van der Waals surface area contributed by atoms with E-state index in [4.69, 9.17) is 0 Å². The summed E-state index contributed by atoms with van der Waals surface area (Å²) in [6.45, 7) is 4.52. The number of hydrogen-bond acceptors (Lipinski definition) is 2. The predicted molar refractivity (Wildman–Crippen MR) is 165 cm³/mol. The van der Waals surface area contributed by atoms with Crippen molar-refractivity contribution in [3.63, 3.8) is 0 Å². The molecule has 2 fully saturated rings. The molecule has 228 valence electrons. The monoisotopic (exact) mass is 556 g/mol. The highest BCUT2D eigenvalue weighted by Crippen LogP contribution is 2.56. The second-order valence-electron chi connectivity index (χ2n) is 13.5. The molecule has 4 nitrogen and oxygen atoms in total. The van der Waals surface area contributed by atoms with E-state index in [1.54, 1.807) is 0 Å². The zero-order valence-corrected chi connectivity index (χ0v) is 25.9. The molecule has 0 aromatic heterocycles. The third-order valence-corrected chi connectivity index (χ3v) is 10.7. The van der Waals surface area contributed by atoms with Crippen LogP contribution in [0, 0.1) is 35.0 Å². The Bertz CT molecular complexity index is 829. The van der Waals surface area contributed by atoms with Gasteiger partial charge in [0.1, 0.15) is 0 Å². The molecule has 1 spiro atoms. The minimum absolute atomic E-state index is 0.116.